The van der Waals surface area contributed by atoms with Crippen molar-refractivity contribution in [2.75, 3.05) is 6.61 Å². The van der Waals surface area contributed by atoms with Gasteiger partial charge >= 0.3 is 11.9 Å². The van der Waals surface area contributed by atoms with Crippen molar-refractivity contribution in [3.63, 3.8) is 0 Å². The Morgan fingerprint density at radius 2 is 1.55 bits per heavy atom. The Labute approximate surface area is 185 Å². The molecule has 5 nitrogen and oxygen atoms in total. The lowest BCUT2D eigenvalue weighted by Crippen LogP contribution is -2.25. The highest BCUT2D eigenvalue weighted by Crippen LogP contribution is 2.20. The van der Waals surface area contributed by atoms with Crippen molar-refractivity contribution in [3.8, 4) is 11.1 Å². The normalized spacial score (nSPS) is 12.3. The SMILES string of the molecule is CC(C)(C)OC(=O)CCCOC(=O)C(O)CCCCc1ccc(-c2ccccc2)cc1. The second-order valence-electron chi connectivity index (χ2n) is 8.68. The number of ether oxygens (including phenoxy) is 2. The third-order valence-corrected chi connectivity index (χ3v) is 4.72. The fourth-order valence-corrected chi connectivity index (χ4v) is 3.16. The molecular weight excluding hydrogens is 392 g/mol. The summed E-state index contributed by atoms with van der Waals surface area (Å²) in [5.41, 5.74) is 3.10. The third-order valence-electron chi connectivity index (χ3n) is 4.72. The zero-order valence-corrected chi connectivity index (χ0v) is 18.8. The van der Waals surface area contributed by atoms with Crippen LogP contribution in [0.25, 0.3) is 11.1 Å². The number of carbonyl (C=O) groups is 2. The summed E-state index contributed by atoms with van der Waals surface area (Å²) in [5, 5.41) is 9.97. The first-order valence-electron chi connectivity index (χ1n) is 11.0. The van der Waals surface area contributed by atoms with E-state index in [9.17, 15) is 14.7 Å². The largest absolute Gasteiger partial charge is 0.464 e. The van der Waals surface area contributed by atoms with E-state index in [1.807, 2.05) is 18.2 Å². The van der Waals surface area contributed by atoms with Crippen LogP contribution in [-0.2, 0) is 25.5 Å². The molecule has 0 spiro atoms. The second kappa shape index (κ2) is 12.3. The fraction of sp³-hybridized carbons (Fsp3) is 0.462. The van der Waals surface area contributed by atoms with E-state index in [1.54, 1.807) is 20.8 Å². The molecule has 0 aliphatic heterocycles. The lowest BCUT2D eigenvalue weighted by atomic mass is 10.0. The van der Waals surface area contributed by atoms with E-state index < -0.39 is 17.7 Å². The number of unbranched alkanes of at least 4 members (excludes halogenated alkanes) is 1. The minimum atomic E-state index is -1.12. The minimum absolute atomic E-state index is 0.100. The molecule has 0 aromatic heterocycles. The summed E-state index contributed by atoms with van der Waals surface area (Å²) in [6.07, 6.45) is 2.32. The molecule has 168 valence electrons. The molecule has 2 rings (SSSR count). The van der Waals surface area contributed by atoms with Gasteiger partial charge in [-0.15, -0.1) is 0 Å². The summed E-state index contributed by atoms with van der Waals surface area (Å²) in [7, 11) is 0. The topological polar surface area (TPSA) is 72.8 Å². The number of hydrogen-bond donors (Lipinski definition) is 1. The average molecular weight is 427 g/mol. The van der Waals surface area contributed by atoms with E-state index in [2.05, 4.69) is 36.4 Å². The highest BCUT2D eigenvalue weighted by molar-refractivity contribution is 5.74. The van der Waals surface area contributed by atoms with Crippen molar-refractivity contribution >= 4 is 11.9 Å². The molecule has 31 heavy (non-hydrogen) atoms. The van der Waals surface area contributed by atoms with Crippen LogP contribution < -0.4 is 0 Å². The van der Waals surface area contributed by atoms with Crippen LogP contribution in [0.1, 0.15) is 58.4 Å². The molecule has 0 aliphatic rings. The van der Waals surface area contributed by atoms with E-state index in [4.69, 9.17) is 9.47 Å². The zero-order valence-electron chi connectivity index (χ0n) is 18.8. The minimum Gasteiger partial charge on any atom is -0.464 e. The molecule has 1 unspecified atom stereocenters. The van der Waals surface area contributed by atoms with Gasteiger partial charge < -0.3 is 14.6 Å². The van der Waals surface area contributed by atoms with Crippen LogP contribution in [0.15, 0.2) is 54.6 Å². The van der Waals surface area contributed by atoms with E-state index in [0.717, 1.165) is 19.3 Å². The Balaban J connectivity index is 1.59. The monoisotopic (exact) mass is 426 g/mol. The molecule has 0 amide bonds. The van der Waals surface area contributed by atoms with Crippen molar-refractivity contribution in [2.24, 2.45) is 0 Å². The van der Waals surface area contributed by atoms with Gasteiger partial charge in [0.1, 0.15) is 5.60 Å². The van der Waals surface area contributed by atoms with Crippen LogP contribution in [0.4, 0.5) is 0 Å². The zero-order chi connectivity index (χ0) is 22.7. The van der Waals surface area contributed by atoms with Crippen molar-refractivity contribution in [2.45, 2.75) is 71.0 Å². The van der Waals surface area contributed by atoms with Crippen LogP contribution >= 0.6 is 0 Å². The molecule has 0 bridgehead atoms. The van der Waals surface area contributed by atoms with E-state index in [-0.39, 0.29) is 19.0 Å². The molecule has 0 radical (unpaired) electrons. The molecule has 1 N–H and O–H groups in total. The number of rotatable bonds is 11. The van der Waals surface area contributed by atoms with Crippen molar-refractivity contribution in [1.29, 1.82) is 0 Å². The number of aliphatic hydroxyl groups excluding tert-OH is 1. The summed E-state index contributed by atoms with van der Waals surface area (Å²) in [6, 6.07) is 18.7. The lowest BCUT2D eigenvalue weighted by molar-refractivity contribution is -0.158. The highest BCUT2D eigenvalue weighted by Gasteiger charge is 2.18. The van der Waals surface area contributed by atoms with Gasteiger partial charge in [-0.3, -0.25) is 4.79 Å². The van der Waals surface area contributed by atoms with Gasteiger partial charge in [-0.2, -0.15) is 0 Å². The predicted molar refractivity (Wildman–Crippen MR) is 121 cm³/mol. The Morgan fingerprint density at radius 1 is 0.903 bits per heavy atom. The number of benzene rings is 2. The maximum atomic E-state index is 11.9. The van der Waals surface area contributed by atoms with Crippen molar-refractivity contribution in [1.82, 2.24) is 0 Å². The first-order valence-corrected chi connectivity index (χ1v) is 11.0. The molecule has 0 heterocycles. The second-order valence-corrected chi connectivity index (χ2v) is 8.68. The predicted octanol–water partition coefficient (Wildman–Crippen LogP) is 5.09. The van der Waals surface area contributed by atoms with Crippen molar-refractivity contribution in [3.05, 3.63) is 60.2 Å². The van der Waals surface area contributed by atoms with E-state index in [0.29, 0.717) is 12.8 Å². The Morgan fingerprint density at radius 3 is 2.19 bits per heavy atom. The van der Waals surface area contributed by atoms with E-state index >= 15 is 0 Å². The molecule has 0 fully saturated rings. The summed E-state index contributed by atoms with van der Waals surface area (Å²) in [4.78, 5) is 23.5. The first-order chi connectivity index (χ1) is 14.7. The smallest absolute Gasteiger partial charge is 0.334 e. The standard InChI is InChI=1S/C26H34O5/c1-26(2,3)31-24(28)14-9-19-30-25(29)23(27)13-8-7-10-20-15-17-22(18-16-20)21-11-5-4-6-12-21/h4-6,11-12,15-18,23,27H,7-10,13-14,19H2,1-3H3. The van der Waals surface area contributed by atoms with Gasteiger partial charge in [-0.25, -0.2) is 4.79 Å². The Hall–Kier alpha value is -2.66. The van der Waals surface area contributed by atoms with Crippen LogP contribution in [0.3, 0.4) is 0 Å². The molecule has 0 saturated carbocycles. The number of hydrogen-bond acceptors (Lipinski definition) is 5. The van der Waals surface area contributed by atoms with Crippen LogP contribution in [-0.4, -0.2) is 35.4 Å². The number of carbonyl (C=O) groups excluding carboxylic acids is 2. The summed E-state index contributed by atoms with van der Waals surface area (Å²) >= 11 is 0. The van der Waals surface area contributed by atoms with Gasteiger partial charge in [0.05, 0.1) is 6.61 Å². The molecule has 5 heteroatoms. The molecule has 2 aromatic rings. The Kier molecular flexibility index (Phi) is 9.73. The lowest BCUT2D eigenvalue weighted by Gasteiger charge is -2.19. The molecular formula is C26H34O5. The molecule has 0 saturated heterocycles. The van der Waals surface area contributed by atoms with Crippen LogP contribution in [0.5, 0.6) is 0 Å². The quantitative estimate of drug-likeness (QED) is 0.400. The maximum Gasteiger partial charge on any atom is 0.334 e. The summed E-state index contributed by atoms with van der Waals surface area (Å²) in [5.74, 6) is -0.947. The molecule has 2 aromatic carbocycles. The van der Waals surface area contributed by atoms with Crippen LogP contribution in [0.2, 0.25) is 0 Å². The number of aliphatic hydroxyl groups is 1. The van der Waals surface area contributed by atoms with E-state index in [1.165, 1.54) is 16.7 Å². The number of esters is 2. The highest BCUT2D eigenvalue weighted by atomic mass is 16.6. The number of aryl methyl sites for hydroxylation is 1. The van der Waals surface area contributed by atoms with Gasteiger partial charge in [-0.05, 0) is 69.6 Å². The average Bonchev–Trinajstić information content (AvgIpc) is 2.74. The van der Waals surface area contributed by atoms with Gasteiger partial charge in [0.15, 0.2) is 6.10 Å². The van der Waals surface area contributed by atoms with Crippen molar-refractivity contribution < 1.29 is 24.2 Å². The van der Waals surface area contributed by atoms with Gasteiger partial charge in [0.2, 0.25) is 0 Å². The molecule has 1 atom stereocenters. The van der Waals surface area contributed by atoms with Gasteiger partial charge in [0.25, 0.3) is 0 Å². The first kappa shape index (κ1) is 24.6. The third kappa shape index (κ3) is 9.79. The summed E-state index contributed by atoms with van der Waals surface area (Å²) < 4.78 is 10.3. The maximum absolute atomic E-state index is 11.9. The van der Waals surface area contributed by atoms with Gasteiger partial charge in [0, 0.05) is 6.42 Å². The Bertz CT molecular complexity index is 806. The van der Waals surface area contributed by atoms with Crippen LogP contribution in [0, 0.1) is 0 Å². The summed E-state index contributed by atoms with van der Waals surface area (Å²) in [6.45, 7) is 5.52. The molecule has 0 aliphatic carbocycles. The fourth-order valence-electron chi connectivity index (χ4n) is 3.16. The van der Waals surface area contributed by atoms with Gasteiger partial charge in [-0.1, -0.05) is 54.6 Å².